The van der Waals surface area contributed by atoms with Gasteiger partial charge >= 0.3 is 12.2 Å². The van der Waals surface area contributed by atoms with Gasteiger partial charge in [-0.25, -0.2) is 4.79 Å². The van der Waals surface area contributed by atoms with Gasteiger partial charge < -0.3 is 10.1 Å². The van der Waals surface area contributed by atoms with Crippen molar-refractivity contribution in [2.45, 2.75) is 18.5 Å². The quantitative estimate of drug-likeness (QED) is 0.582. The van der Waals surface area contributed by atoms with Gasteiger partial charge in [-0.2, -0.15) is 13.2 Å². The second kappa shape index (κ2) is 7.33. The van der Waals surface area contributed by atoms with E-state index in [9.17, 15) is 22.8 Å². The predicted molar refractivity (Wildman–Crippen MR) is 53.7 cm³/mol. The Morgan fingerprint density at radius 1 is 1.41 bits per heavy atom. The summed E-state index contributed by atoms with van der Waals surface area (Å²) in [6.07, 6.45) is -4.40. The van der Waals surface area contributed by atoms with E-state index in [1.807, 2.05) is 5.32 Å². The molecule has 0 rings (SSSR count). The summed E-state index contributed by atoms with van der Waals surface area (Å²) in [5, 5.41) is 3.15. The highest BCUT2D eigenvalue weighted by Gasteiger charge is 2.27. The van der Waals surface area contributed by atoms with Crippen molar-refractivity contribution in [2.75, 3.05) is 19.8 Å². The van der Waals surface area contributed by atoms with Crippen molar-refractivity contribution in [1.82, 2.24) is 10.6 Å². The van der Waals surface area contributed by atoms with Gasteiger partial charge in [0, 0.05) is 6.54 Å². The van der Waals surface area contributed by atoms with Crippen molar-refractivity contribution < 1.29 is 27.5 Å². The highest BCUT2D eigenvalue weighted by atomic mass is 35.5. The van der Waals surface area contributed by atoms with Crippen LogP contribution in [-0.4, -0.2) is 43.3 Å². The van der Waals surface area contributed by atoms with Gasteiger partial charge in [-0.1, -0.05) is 0 Å². The Labute approximate surface area is 101 Å². The number of nitrogens with one attached hydrogen (secondary N) is 2. The highest BCUT2D eigenvalue weighted by Crippen LogP contribution is 2.13. The fourth-order valence-electron chi connectivity index (χ4n) is 0.680. The summed E-state index contributed by atoms with van der Waals surface area (Å²) in [6.45, 7) is -0.464. The zero-order valence-electron chi connectivity index (χ0n) is 8.94. The fourth-order valence-corrected chi connectivity index (χ4v) is 0.735. The Bertz CT molecular complexity index is 271. The van der Waals surface area contributed by atoms with Crippen LogP contribution >= 0.6 is 11.6 Å². The zero-order chi connectivity index (χ0) is 13.5. The summed E-state index contributed by atoms with van der Waals surface area (Å²) in [5.41, 5.74) is 0. The van der Waals surface area contributed by atoms with E-state index in [1.165, 1.54) is 6.92 Å². The minimum absolute atomic E-state index is 0.147. The molecule has 3 amide bonds. The number of rotatable bonds is 5. The van der Waals surface area contributed by atoms with E-state index in [1.54, 1.807) is 0 Å². The lowest BCUT2D eigenvalue weighted by Gasteiger charge is -2.09. The minimum Gasteiger partial charge on any atom is -0.370 e. The molecule has 0 radical (unpaired) electrons. The van der Waals surface area contributed by atoms with E-state index in [4.69, 9.17) is 11.6 Å². The average molecular weight is 277 g/mol. The monoisotopic (exact) mass is 276 g/mol. The van der Waals surface area contributed by atoms with E-state index < -0.39 is 30.1 Å². The predicted octanol–water partition coefficient (Wildman–Crippen LogP) is 1.02. The van der Waals surface area contributed by atoms with Crippen LogP contribution in [0.25, 0.3) is 0 Å². The van der Waals surface area contributed by atoms with Gasteiger partial charge in [-0.3, -0.25) is 10.1 Å². The number of urea groups is 1. The first-order chi connectivity index (χ1) is 7.72. The molecule has 100 valence electrons. The Kier molecular flexibility index (Phi) is 6.89. The fraction of sp³-hybridized carbons (Fsp3) is 0.750. The second-order valence-electron chi connectivity index (χ2n) is 3.03. The molecule has 1 atom stereocenters. The number of carbonyl (C=O) groups is 2. The Balaban J connectivity index is 3.56. The molecule has 17 heavy (non-hydrogen) atoms. The van der Waals surface area contributed by atoms with E-state index in [-0.39, 0.29) is 13.2 Å². The Morgan fingerprint density at radius 2 is 2.00 bits per heavy atom. The van der Waals surface area contributed by atoms with Gasteiger partial charge in [-0.15, -0.1) is 11.6 Å². The molecule has 0 fully saturated rings. The molecule has 0 aromatic carbocycles. The summed E-state index contributed by atoms with van der Waals surface area (Å²) in [4.78, 5) is 21.8. The number of amides is 3. The maximum atomic E-state index is 11.6. The standard InChI is InChI=1S/C8H12ClF3N2O3/c1-5(9)6(15)14-7(16)13-2-3-17-4-8(10,11)12/h5H,2-4H2,1H3,(H2,13,14,15,16). The van der Waals surface area contributed by atoms with Gasteiger partial charge in [-0.05, 0) is 6.92 Å². The van der Waals surface area contributed by atoms with Crippen molar-refractivity contribution in [1.29, 1.82) is 0 Å². The molecule has 0 bridgehead atoms. The van der Waals surface area contributed by atoms with Crippen molar-refractivity contribution in [3.63, 3.8) is 0 Å². The van der Waals surface area contributed by atoms with Gasteiger partial charge in [0.2, 0.25) is 5.91 Å². The first-order valence-corrected chi connectivity index (χ1v) is 5.03. The van der Waals surface area contributed by atoms with Crippen LogP contribution in [-0.2, 0) is 9.53 Å². The normalized spacial score (nSPS) is 13.0. The summed E-state index contributed by atoms with van der Waals surface area (Å²) in [6, 6.07) is -0.835. The first kappa shape index (κ1) is 16.0. The third-order valence-corrected chi connectivity index (χ3v) is 1.59. The number of halogens is 4. The average Bonchev–Trinajstić information content (AvgIpc) is 2.15. The van der Waals surface area contributed by atoms with Crippen LogP contribution in [0.2, 0.25) is 0 Å². The summed E-state index contributed by atoms with van der Waals surface area (Å²) < 4.78 is 39.1. The van der Waals surface area contributed by atoms with Crippen LogP contribution < -0.4 is 10.6 Å². The molecule has 0 aromatic rings. The van der Waals surface area contributed by atoms with E-state index in [0.29, 0.717) is 0 Å². The van der Waals surface area contributed by atoms with Crippen LogP contribution in [0.5, 0.6) is 0 Å². The van der Waals surface area contributed by atoms with E-state index in [0.717, 1.165) is 0 Å². The molecule has 2 N–H and O–H groups in total. The first-order valence-electron chi connectivity index (χ1n) is 4.59. The number of hydrogen-bond acceptors (Lipinski definition) is 3. The molecular weight excluding hydrogens is 265 g/mol. The van der Waals surface area contributed by atoms with Crippen molar-refractivity contribution in [2.24, 2.45) is 0 Å². The van der Waals surface area contributed by atoms with Crippen LogP contribution in [0.15, 0.2) is 0 Å². The highest BCUT2D eigenvalue weighted by molar-refractivity contribution is 6.31. The van der Waals surface area contributed by atoms with Crippen LogP contribution in [0.4, 0.5) is 18.0 Å². The van der Waals surface area contributed by atoms with Crippen LogP contribution in [0, 0.1) is 0 Å². The molecule has 0 aromatic heterocycles. The minimum atomic E-state index is -4.40. The molecule has 5 nitrogen and oxygen atoms in total. The number of ether oxygens (including phenoxy) is 1. The number of carbonyl (C=O) groups excluding carboxylic acids is 2. The number of hydrogen-bond donors (Lipinski definition) is 2. The number of alkyl halides is 4. The van der Waals surface area contributed by atoms with Gasteiger partial charge in [0.15, 0.2) is 0 Å². The molecule has 0 aliphatic carbocycles. The lowest BCUT2D eigenvalue weighted by atomic mass is 10.4. The molecule has 0 heterocycles. The van der Waals surface area contributed by atoms with E-state index >= 15 is 0 Å². The molecule has 9 heteroatoms. The molecular formula is C8H12ClF3N2O3. The maximum absolute atomic E-state index is 11.6. The largest absolute Gasteiger partial charge is 0.411 e. The summed E-state index contributed by atoms with van der Waals surface area (Å²) in [7, 11) is 0. The third kappa shape index (κ3) is 9.88. The van der Waals surface area contributed by atoms with Gasteiger partial charge in [0.1, 0.15) is 12.0 Å². The SMILES string of the molecule is CC(Cl)C(=O)NC(=O)NCCOCC(F)(F)F. The summed E-state index contributed by atoms with van der Waals surface area (Å²) >= 11 is 5.36. The van der Waals surface area contributed by atoms with Crippen LogP contribution in [0.3, 0.4) is 0 Å². The zero-order valence-corrected chi connectivity index (χ0v) is 9.69. The van der Waals surface area contributed by atoms with Crippen molar-refractivity contribution >= 4 is 23.5 Å². The Hall–Kier alpha value is -1.02. The Morgan fingerprint density at radius 3 is 2.47 bits per heavy atom. The molecule has 0 saturated heterocycles. The van der Waals surface area contributed by atoms with Gasteiger partial charge in [0.25, 0.3) is 0 Å². The lowest BCUT2D eigenvalue weighted by molar-refractivity contribution is -0.173. The van der Waals surface area contributed by atoms with Gasteiger partial charge in [0.05, 0.1) is 6.61 Å². The molecule has 0 spiro atoms. The van der Waals surface area contributed by atoms with Crippen molar-refractivity contribution in [3.05, 3.63) is 0 Å². The summed E-state index contributed by atoms with van der Waals surface area (Å²) in [5.74, 6) is -0.694. The topological polar surface area (TPSA) is 67.4 Å². The molecule has 0 aliphatic rings. The molecule has 0 aliphatic heterocycles. The van der Waals surface area contributed by atoms with Crippen molar-refractivity contribution in [3.8, 4) is 0 Å². The van der Waals surface area contributed by atoms with Crippen LogP contribution in [0.1, 0.15) is 6.92 Å². The molecule has 1 unspecified atom stereocenters. The molecule has 0 saturated carbocycles. The maximum Gasteiger partial charge on any atom is 0.411 e. The number of imide groups is 1. The second-order valence-corrected chi connectivity index (χ2v) is 3.68. The van der Waals surface area contributed by atoms with E-state index in [2.05, 4.69) is 10.1 Å². The lowest BCUT2D eigenvalue weighted by Crippen LogP contribution is -2.43. The smallest absolute Gasteiger partial charge is 0.370 e. The third-order valence-electron chi connectivity index (χ3n) is 1.40.